The minimum atomic E-state index is -0.359. The van der Waals surface area contributed by atoms with Gasteiger partial charge in [-0.25, -0.2) is 9.07 Å². The molecule has 5 nitrogen and oxygen atoms in total. The van der Waals surface area contributed by atoms with Crippen molar-refractivity contribution in [3.63, 3.8) is 0 Å². The predicted octanol–water partition coefficient (Wildman–Crippen LogP) is 2.91. The van der Waals surface area contributed by atoms with Crippen LogP contribution in [0.2, 0.25) is 0 Å². The third kappa shape index (κ3) is 3.51. The van der Waals surface area contributed by atoms with Crippen molar-refractivity contribution in [2.45, 2.75) is 31.8 Å². The molecule has 3 rings (SSSR count). The Labute approximate surface area is 128 Å². The van der Waals surface area contributed by atoms with Crippen LogP contribution in [0.25, 0.3) is 5.69 Å². The Morgan fingerprint density at radius 2 is 2.32 bits per heavy atom. The first-order valence-electron chi connectivity index (χ1n) is 7.43. The highest BCUT2D eigenvalue weighted by atomic mass is 19.1. The van der Waals surface area contributed by atoms with E-state index in [-0.39, 0.29) is 17.8 Å². The van der Waals surface area contributed by atoms with Gasteiger partial charge in [-0.2, -0.15) is 5.10 Å². The molecule has 1 N–H and O–H groups in total. The molecule has 0 aliphatic carbocycles. The number of amides is 1. The summed E-state index contributed by atoms with van der Waals surface area (Å²) in [6, 6.07) is 6.36. The first-order chi connectivity index (χ1) is 10.7. The van der Waals surface area contributed by atoms with Gasteiger partial charge in [0, 0.05) is 13.0 Å². The molecule has 1 atom stereocenters. The number of halogens is 1. The zero-order chi connectivity index (χ0) is 15.4. The van der Waals surface area contributed by atoms with Crippen LogP contribution in [0.3, 0.4) is 0 Å². The van der Waals surface area contributed by atoms with E-state index in [2.05, 4.69) is 10.4 Å². The van der Waals surface area contributed by atoms with Crippen LogP contribution in [0.1, 0.15) is 25.7 Å². The molecule has 1 aliphatic heterocycles. The van der Waals surface area contributed by atoms with Crippen molar-refractivity contribution in [1.29, 1.82) is 0 Å². The van der Waals surface area contributed by atoms with Gasteiger partial charge in [-0.3, -0.25) is 4.79 Å². The number of benzene rings is 1. The van der Waals surface area contributed by atoms with Crippen molar-refractivity contribution in [3.8, 4) is 5.69 Å². The molecule has 0 spiro atoms. The zero-order valence-electron chi connectivity index (χ0n) is 12.2. The van der Waals surface area contributed by atoms with Gasteiger partial charge in [-0.1, -0.05) is 12.1 Å². The fourth-order valence-electron chi connectivity index (χ4n) is 2.54. The van der Waals surface area contributed by atoms with Gasteiger partial charge in [0.15, 0.2) is 0 Å². The maximum Gasteiger partial charge on any atom is 0.224 e. The lowest BCUT2D eigenvalue weighted by atomic mass is 10.1. The molecular formula is C16H18FN3O2. The number of carbonyl (C=O) groups excluding carboxylic acids is 1. The lowest BCUT2D eigenvalue weighted by Gasteiger charge is -2.08. The summed E-state index contributed by atoms with van der Waals surface area (Å²) < 4.78 is 20.6. The number of aromatic nitrogens is 2. The van der Waals surface area contributed by atoms with E-state index in [1.54, 1.807) is 24.4 Å². The highest BCUT2D eigenvalue weighted by Crippen LogP contribution is 2.18. The minimum absolute atomic E-state index is 0.0800. The van der Waals surface area contributed by atoms with Crippen molar-refractivity contribution in [1.82, 2.24) is 9.78 Å². The van der Waals surface area contributed by atoms with Crippen LogP contribution < -0.4 is 5.32 Å². The molecule has 1 saturated heterocycles. The summed E-state index contributed by atoms with van der Waals surface area (Å²) in [6.07, 6.45) is 6.55. The molecule has 2 aromatic rings. The van der Waals surface area contributed by atoms with Crippen LogP contribution in [0, 0.1) is 5.82 Å². The van der Waals surface area contributed by atoms with Crippen LogP contribution in [-0.2, 0) is 9.53 Å². The third-order valence-electron chi connectivity index (χ3n) is 3.68. The van der Waals surface area contributed by atoms with Crippen molar-refractivity contribution in [2.75, 3.05) is 11.9 Å². The van der Waals surface area contributed by atoms with Crippen molar-refractivity contribution >= 4 is 11.6 Å². The van der Waals surface area contributed by atoms with Crippen LogP contribution in [0.15, 0.2) is 36.7 Å². The van der Waals surface area contributed by atoms with Crippen LogP contribution >= 0.6 is 0 Å². The molecule has 1 fully saturated rings. The van der Waals surface area contributed by atoms with E-state index >= 15 is 0 Å². The number of carbonyl (C=O) groups is 1. The molecule has 0 saturated carbocycles. The summed E-state index contributed by atoms with van der Waals surface area (Å²) in [5.74, 6) is -0.439. The standard InChI is InChI=1S/C16H18FN3O2/c17-14-5-1-2-6-15(14)20-11-12(10-18-20)19-16(21)8-7-13-4-3-9-22-13/h1-2,5-6,10-11,13H,3-4,7-9H2,(H,19,21). The summed E-state index contributed by atoms with van der Waals surface area (Å²) >= 11 is 0. The predicted molar refractivity (Wildman–Crippen MR) is 80.4 cm³/mol. The van der Waals surface area contributed by atoms with Crippen molar-refractivity contribution in [3.05, 3.63) is 42.5 Å². The summed E-state index contributed by atoms with van der Waals surface area (Å²) in [5, 5.41) is 6.85. The molecule has 116 valence electrons. The van der Waals surface area contributed by atoms with Gasteiger partial charge in [0.1, 0.15) is 11.5 Å². The summed E-state index contributed by atoms with van der Waals surface area (Å²) in [4.78, 5) is 11.9. The molecule has 0 bridgehead atoms. The maximum atomic E-state index is 13.7. The fraction of sp³-hybridized carbons (Fsp3) is 0.375. The summed E-state index contributed by atoms with van der Waals surface area (Å²) in [7, 11) is 0. The van der Waals surface area contributed by atoms with Gasteiger partial charge < -0.3 is 10.1 Å². The Morgan fingerprint density at radius 3 is 3.09 bits per heavy atom. The Bertz CT molecular complexity index is 650. The monoisotopic (exact) mass is 303 g/mol. The topological polar surface area (TPSA) is 56.1 Å². The average Bonchev–Trinajstić information content (AvgIpc) is 3.17. The molecule has 1 unspecified atom stereocenters. The fourth-order valence-corrected chi connectivity index (χ4v) is 2.54. The molecular weight excluding hydrogens is 285 g/mol. The van der Waals surface area contributed by atoms with E-state index in [4.69, 9.17) is 4.74 Å². The van der Waals surface area contributed by atoms with Crippen LogP contribution in [-0.4, -0.2) is 28.4 Å². The smallest absolute Gasteiger partial charge is 0.224 e. The van der Waals surface area contributed by atoms with Gasteiger partial charge in [-0.15, -0.1) is 0 Å². The summed E-state index contributed by atoms with van der Waals surface area (Å²) in [6.45, 7) is 0.793. The number of hydrogen-bond donors (Lipinski definition) is 1. The van der Waals surface area contributed by atoms with Crippen LogP contribution in [0.4, 0.5) is 10.1 Å². The number of anilines is 1. The van der Waals surface area contributed by atoms with E-state index in [9.17, 15) is 9.18 Å². The highest BCUT2D eigenvalue weighted by molar-refractivity contribution is 5.90. The molecule has 6 heteroatoms. The number of rotatable bonds is 5. The molecule has 1 amide bonds. The molecule has 1 aromatic heterocycles. The van der Waals surface area contributed by atoms with E-state index in [0.717, 1.165) is 25.9 Å². The second-order valence-corrected chi connectivity index (χ2v) is 5.35. The quantitative estimate of drug-likeness (QED) is 0.924. The normalized spacial score (nSPS) is 17.6. The number of hydrogen-bond acceptors (Lipinski definition) is 3. The Hall–Kier alpha value is -2.21. The lowest BCUT2D eigenvalue weighted by molar-refractivity contribution is -0.116. The van der Waals surface area contributed by atoms with Crippen LogP contribution in [0.5, 0.6) is 0 Å². The van der Waals surface area contributed by atoms with Crippen molar-refractivity contribution < 1.29 is 13.9 Å². The molecule has 1 aliphatic rings. The number of nitrogens with one attached hydrogen (secondary N) is 1. The summed E-state index contributed by atoms with van der Waals surface area (Å²) in [5.41, 5.74) is 0.906. The Morgan fingerprint density at radius 1 is 1.45 bits per heavy atom. The van der Waals surface area contributed by atoms with Gasteiger partial charge in [0.2, 0.25) is 5.91 Å². The van der Waals surface area contributed by atoms with Gasteiger partial charge in [0.25, 0.3) is 0 Å². The first-order valence-corrected chi connectivity index (χ1v) is 7.43. The van der Waals surface area contributed by atoms with E-state index in [1.807, 2.05) is 0 Å². The van der Waals surface area contributed by atoms with Gasteiger partial charge in [-0.05, 0) is 31.4 Å². The van der Waals surface area contributed by atoms with E-state index in [1.165, 1.54) is 16.9 Å². The Balaban J connectivity index is 1.57. The molecule has 1 aromatic carbocycles. The number of nitrogens with zero attached hydrogens (tertiary/aromatic N) is 2. The minimum Gasteiger partial charge on any atom is -0.378 e. The maximum absolute atomic E-state index is 13.7. The third-order valence-corrected chi connectivity index (χ3v) is 3.68. The molecule has 0 radical (unpaired) electrons. The Kier molecular flexibility index (Phi) is 4.48. The number of para-hydroxylation sites is 1. The second kappa shape index (κ2) is 6.70. The highest BCUT2D eigenvalue weighted by Gasteiger charge is 2.17. The molecule has 2 heterocycles. The number of ether oxygens (including phenoxy) is 1. The zero-order valence-corrected chi connectivity index (χ0v) is 12.2. The van der Waals surface area contributed by atoms with E-state index in [0.29, 0.717) is 17.8 Å². The lowest BCUT2D eigenvalue weighted by Crippen LogP contribution is -2.14. The van der Waals surface area contributed by atoms with Gasteiger partial charge in [0.05, 0.1) is 24.2 Å². The average molecular weight is 303 g/mol. The van der Waals surface area contributed by atoms with Crippen molar-refractivity contribution in [2.24, 2.45) is 0 Å². The second-order valence-electron chi connectivity index (χ2n) is 5.35. The largest absolute Gasteiger partial charge is 0.378 e. The SMILES string of the molecule is O=C(CCC1CCCO1)Nc1cnn(-c2ccccc2F)c1. The molecule has 22 heavy (non-hydrogen) atoms. The van der Waals surface area contributed by atoms with E-state index < -0.39 is 0 Å². The van der Waals surface area contributed by atoms with Gasteiger partial charge >= 0.3 is 0 Å². The first kappa shape index (κ1) is 14.7.